The molecule has 86 valence electrons. The van der Waals surface area contributed by atoms with E-state index in [0.29, 0.717) is 16.5 Å². The lowest BCUT2D eigenvalue weighted by molar-refractivity contribution is -0.146. The average Bonchev–Trinajstić information content (AvgIpc) is 2.26. The number of hydrogen-bond donors (Lipinski definition) is 2. The van der Waals surface area contributed by atoms with Gasteiger partial charge in [0.15, 0.2) is 11.9 Å². The van der Waals surface area contributed by atoms with Crippen molar-refractivity contribution in [2.24, 2.45) is 0 Å². The molecule has 0 amide bonds. The Morgan fingerprint density at radius 3 is 2.50 bits per heavy atom. The van der Waals surface area contributed by atoms with Gasteiger partial charge >= 0.3 is 5.97 Å². The van der Waals surface area contributed by atoms with Crippen molar-refractivity contribution in [3.8, 4) is 0 Å². The SMILES string of the molecule is CCC(=O)c1ccc(C(O)C(=O)O)cc1Br. The first kappa shape index (κ1) is 12.9. The monoisotopic (exact) mass is 286 g/mol. The van der Waals surface area contributed by atoms with Crippen molar-refractivity contribution < 1.29 is 19.8 Å². The minimum atomic E-state index is -1.57. The summed E-state index contributed by atoms with van der Waals surface area (Å²) in [7, 11) is 0. The summed E-state index contributed by atoms with van der Waals surface area (Å²) in [4.78, 5) is 22.0. The predicted molar refractivity (Wildman–Crippen MR) is 61.4 cm³/mol. The fraction of sp³-hybridized carbons (Fsp3) is 0.273. The van der Waals surface area contributed by atoms with Gasteiger partial charge in [-0.25, -0.2) is 4.79 Å². The highest BCUT2D eigenvalue weighted by Crippen LogP contribution is 2.23. The van der Waals surface area contributed by atoms with Crippen LogP contribution in [0.4, 0.5) is 0 Å². The van der Waals surface area contributed by atoms with Gasteiger partial charge < -0.3 is 10.2 Å². The summed E-state index contributed by atoms with van der Waals surface area (Å²) in [5, 5.41) is 17.9. The smallest absolute Gasteiger partial charge is 0.337 e. The molecule has 0 saturated carbocycles. The minimum Gasteiger partial charge on any atom is -0.479 e. The Hall–Kier alpha value is -1.20. The van der Waals surface area contributed by atoms with E-state index < -0.39 is 12.1 Å². The Morgan fingerprint density at radius 2 is 2.06 bits per heavy atom. The standard InChI is InChI=1S/C11H11BrO4/c1-2-9(13)7-4-3-6(5-8(7)12)10(14)11(15)16/h3-5,10,14H,2H2,1H3,(H,15,16). The molecule has 0 aliphatic carbocycles. The maximum atomic E-state index is 11.4. The Balaban J connectivity index is 3.08. The number of aliphatic carboxylic acids is 1. The van der Waals surface area contributed by atoms with E-state index in [1.807, 2.05) is 0 Å². The lowest BCUT2D eigenvalue weighted by Gasteiger charge is -2.08. The number of carboxylic acid groups (broad SMARTS) is 1. The van der Waals surface area contributed by atoms with Gasteiger partial charge in [0.25, 0.3) is 0 Å². The van der Waals surface area contributed by atoms with Crippen LogP contribution in [0.25, 0.3) is 0 Å². The number of rotatable bonds is 4. The van der Waals surface area contributed by atoms with Gasteiger partial charge in [0.05, 0.1) is 0 Å². The predicted octanol–water partition coefficient (Wildman–Crippen LogP) is 2.16. The number of benzene rings is 1. The van der Waals surface area contributed by atoms with Gasteiger partial charge in [-0.1, -0.05) is 28.9 Å². The molecule has 0 bridgehead atoms. The third-order valence-electron chi connectivity index (χ3n) is 2.16. The second kappa shape index (κ2) is 5.23. The van der Waals surface area contributed by atoms with Crippen molar-refractivity contribution >= 4 is 27.7 Å². The normalized spacial score (nSPS) is 12.2. The molecule has 0 saturated heterocycles. The summed E-state index contributed by atoms with van der Waals surface area (Å²) in [5.41, 5.74) is 0.732. The minimum absolute atomic E-state index is 0.0387. The van der Waals surface area contributed by atoms with E-state index in [0.717, 1.165) is 0 Å². The summed E-state index contributed by atoms with van der Waals surface area (Å²) in [6, 6.07) is 4.39. The number of carbonyl (C=O) groups is 2. The van der Waals surface area contributed by atoms with Crippen molar-refractivity contribution in [2.45, 2.75) is 19.4 Å². The molecule has 0 fully saturated rings. The van der Waals surface area contributed by atoms with Gasteiger partial charge in [0, 0.05) is 16.5 Å². The number of aliphatic hydroxyl groups is 1. The Bertz CT molecular complexity index is 428. The maximum Gasteiger partial charge on any atom is 0.337 e. The molecule has 0 heterocycles. The van der Waals surface area contributed by atoms with E-state index in [1.54, 1.807) is 6.92 Å². The Kier molecular flexibility index (Phi) is 4.20. The Labute approximate surface area is 101 Å². The average molecular weight is 287 g/mol. The third-order valence-corrected chi connectivity index (χ3v) is 2.82. The number of hydrogen-bond acceptors (Lipinski definition) is 3. The molecular formula is C11H11BrO4. The van der Waals surface area contributed by atoms with Crippen molar-refractivity contribution in [1.29, 1.82) is 0 Å². The van der Waals surface area contributed by atoms with E-state index in [2.05, 4.69) is 15.9 Å². The molecule has 1 rings (SSSR count). The van der Waals surface area contributed by atoms with Gasteiger partial charge in [0.1, 0.15) is 0 Å². The van der Waals surface area contributed by atoms with Crippen LogP contribution in [0, 0.1) is 0 Å². The number of halogens is 1. The molecule has 4 nitrogen and oxygen atoms in total. The van der Waals surface area contributed by atoms with Crippen LogP contribution in [-0.2, 0) is 4.79 Å². The largest absolute Gasteiger partial charge is 0.479 e. The molecule has 0 spiro atoms. The zero-order valence-electron chi connectivity index (χ0n) is 8.61. The lowest BCUT2D eigenvalue weighted by Crippen LogP contribution is -2.11. The summed E-state index contributed by atoms with van der Waals surface area (Å²) in [5.74, 6) is -1.36. The number of carboxylic acids is 1. The van der Waals surface area contributed by atoms with Crippen LogP contribution in [0.2, 0.25) is 0 Å². The molecule has 0 aliphatic rings. The first-order valence-corrected chi connectivity index (χ1v) is 5.50. The van der Waals surface area contributed by atoms with Crippen LogP contribution in [0.1, 0.15) is 35.4 Å². The van der Waals surface area contributed by atoms with E-state index in [1.165, 1.54) is 18.2 Å². The number of carbonyl (C=O) groups excluding carboxylic acids is 1. The molecule has 0 aliphatic heterocycles. The number of Topliss-reactive ketones (excluding diaryl/α,β-unsaturated/α-hetero) is 1. The fourth-order valence-corrected chi connectivity index (χ4v) is 1.88. The van der Waals surface area contributed by atoms with Crippen LogP contribution >= 0.6 is 15.9 Å². The van der Waals surface area contributed by atoms with Gasteiger partial charge in [-0.15, -0.1) is 0 Å². The van der Waals surface area contributed by atoms with Crippen LogP contribution in [0.5, 0.6) is 0 Å². The van der Waals surface area contributed by atoms with E-state index in [4.69, 9.17) is 5.11 Å². The summed E-state index contributed by atoms with van der Waals surface area (Å²) < 4.78 is 0.497. The topological polar surface area (TPSA) is 74.6 Å². The number of ketones is 1. The van der Waals surface area contributed by atoms with Crippen LogP contribution < -0.4 is 0 Å². The van der Waals surface area contributed by atoms with Crippen molar-refractivity contribution in [1.82, 2.24) is 0 Å². The second-order valence-electron chi connectivity index (χ2n) is 3.26. The molecule has 5 heteroatoms. The molecule has 1 unspecified atom stereocenters. The van der Waals surface area contributed by atoms with Crippen molar-refractivity contribution in [2.75, 3.05) is 0 Å². The van der Waals surface area contributed by atoms with Crippen molar-refractivity contribution in [3.63, 3.8) is 0 Å². The number of aliphatic hydroxyl groups excluding tert-OH is 1. The van der Waals surface area contributed by atoms with Gasteiger partial charge in [-0.05, 0) is 17.7 Å². The highest BCUT2D eigenvalue weighted by molar-refractivity contribution is 9.10. The Morgan fingerprint density at radius 1 is 1.44 bits per heavy atom. The molecule has 16 heavy (non-hydrogen) atoms. The van der Waals surface area contributed by atoms with Gasteiger partial charge in [-0.3, -0.25) is 4.79 Å². The van der Waals surface area contributed by atoms with Crippen LogP contribution in [-0.4, -0.2) is 22.0 Å². The maximum absolute atomic E-state index is 11.4. The van der Waals surface area contributed by atoms with Crippen LogP contribution in [0.3, 0.4) is 0 Å². The quantitative estimate of drug-likeness (QED) is 0.832. The molecular weight excluding hydrogens is 276 g/mol. The summed E-state index contributed by atoms with van der Waals surface area (Å²) in [6.45, 7) is 1.74. The highest BCUT2D eigenvalue weighted by Gasteiger charge is 2.17. The zero-order valence-corrected chi connectivity index (χ0v) is 10.2. The fourth-order valence-electron chi connectivity index (χ4n) is 1.26. The zero-order chi connectivity index (χ0) is 12.3. The molecule has 0 radical (unpaired) electrons. The molecule has 1 aromatic carbocycles. The first-order valence-electron chi connectivity index (χ1n) is 4.71. The second-order valence-corrected chi connectivity index (χ2v) is 4.11. The van der Waals surface area contributed by atoms with Gasteiger partial charge in [0.2, 0.25) is 0 Å². The van der Waals surface area contributed by atoms with Gasteiger partial charge in [-0.2, -0.15) is 0 Å². The molecule has 1 atom stereocenters. The third kappa shape index (κ3) is 2.68. The summed E-state index contributed by atoms with van der Waals surface area (Å²) in [6.07, 6.45) is -1.19. The molecule has 1 aromatic rings. The van der Waals surface area contributed by atoms with Crippen molar-refractivity contribution in [3.05, 3.63) is 33.8 Å². The van der Waals surface area contributed by atoms with Crippen LogP contribution in [0.15, 0.2) is 22.7 Å². The summed E-state index contributed by atoms with van der Waals surface area (Å²) >= 11 is 3.18. The van der Waals surface area contributed by atoms with E-state index >= 15 is 0 Å². The van der Waals surface area contributed by atoms with E-state index in [9.17, 15) is 14.7 Å². The molecule has 0 aromatic heterocycles. The van der Waals surface area contributed by atoms with E-state index in [-0.39, 0.29) is 11.3 Å². The lowest BCUT2D eigenvalue weighted by atomic mass is 10.0. The highest BCUT2D eigenvalue weighted by atomic mass is 79.9. The molecule has 2 N–H and O–H groups in total. The first-order chi connectivity index (χ1) is 7.47.